The fraction of sp³-hybridized carbons (Fsp3) is 0.933. The number of nitrogens with two attached hydrogens (primary N) is 1. The first-order chi connectivity index (χ1) is 8.72. The van der Waals surface area contributed by atoms with Crippen LogP contribution in [0.2, 0.25) is 0 Å². The van der Waals surface area contributed by atoms with Gasteiger partial charge in [-0.2, -0.15) is 0 Å². The van der Waals surface area contributed by atoms with Crippen molar-refractivity contribution in [1.29, 1.82) is 0 Å². The van der Waals surface area contributed by atoms with Gasteiger partial charge in [0.25, 0.3) is 0 Å². The molecule has 3 fully saturated rings. The Balaban J connectivity index is 1.55. The van der Waals surface area contributed by atoms with Crippen molar-refractivity contribution in [2.45, 2.75) is 63.3 Å². The molecule has 3 unspecified atom stereocenters. The average molecular weight is 250 g/mol. The molecule has 0 aromatic heterocycles. The maximum absolute atomic E-state index is 12.3. The normalized spacial score (nSPS) is 37.7. The van der Waals surface area contributed by atoms with Crippen molar-refractivity contribution in [2.24, 2.45) is 23.5 Å². The Morgan fingerprint density at radius 2 is 1.83 bits per heavy atom. The van der Waals surface area contributed by atoms with E-state index in [0.29, 0.717) is 12.5 Å². The maximum atomic E-state index is 12.3. The zero-order valence-corrected chi connectivity index (χ0v) is 11.3. The first-order valence-electron chi connectivity index (χ1n) is 7.74. The molecule has 0 radical (unpaired) electrons. The number of nitrogens with one attached hydrogen (secondary N) is 1. The summed E-state index contributed by atoms with van der Waals surface area (Å²) in [7, 11) is 0. The average Bonchev–Trinajstić information content (AvgIpc) is 3.18. The van der Waals surface area contributed by atoms with Crippen LogP contribution in [0.1, 0.15) is 57.8 Å². The second kappa shape index (κ2) is 4.84. The van der Waals surface area contributed by atoms with Crippen LogP contribution >= 0.6 is 0 Å². The minimum Gasteiger partial charge on any atom is -0.349 e. The molecule has 3 saturated carbocycles. The van der Waals surface area contributed by atoms with E-state index in [2.05, 4.69) is 5.32 Å². The molecule has 18 heavy (non-hydrogen) atoms. The fourth-order valence-electron chi connectivity index (χ4n) is 4.01. The summed E-state index contributed by atoms with van der Waals surface area (Å²) in [4.78, 5) is 12.3. The van der Waals surface area contributed by atoms with Crippen molar-refractivity contribution < 1.29 is 4.79 Å². The van der Waals surface area contributed by atoms with Gasteiger partial charge in [0.05, 0.1) is 5.54 Å². The molecular weight excluding hydrogens is 224 g/mol. The van der Waals surface area contributed by atoms with Crippen LogP contribution < -0.4 is 11.1 Å². The lowest BCUT2D eigenvalue weighted by molar-refractivity contribution is -0.128. The van der Waals surface area contributed by atoms with Gasteiger partial charge in [0, 0.05) is 12.5 Å². The molecule has 3 aliphatic rings. The second-order valence-electron chi connectivity index (χ2n) is 6.79. The lowest BCUT2D eigenvalue weighted by Gasteiger charge is -2.39. The number of hydrogen-bond acceptors (Lipinski definition) is 2. The number of rotatable bonds is 3. The van der Waals surface area contributed by atoms with Gasteiger partial charge in [-0.15, -0.1) is 0 Å². The van der Waals surface area contributed by atoms with Crippen LogP contribution in [0.15, 0.2) is 0 Å². The summed E-state index contributed by atoms with van der Waals surface area (Å²) < 4.78 is 0. The van der Waals surface area contributed by atoms with E-state index in [-0.39, 0.29) is 11.5 Å². The lowest BCUT2D eigenvalue weighted by atomic mass is 9.67. The zero-order valence-electron chi connectivity index (χ0n) is 11.3. The van der Waals surface area contributed by atoms with Gasteiger partial charge in [0.1, 0.15) is 0 Å². The Kier molecular flexibility index (Phi) is 3.35. The molecular formula is C15H26N2O. The van der Waals surface area contributed by atoms with E-state index in [1.807, 2.05) is 0 Å². The molecule has 0 aromatic rings. The third-order valence-corrected chi connectivity index (χ3v) is 5.54. The SMILES string of the molecule is NCC1(NC(=O)C2CCC3CCCCC3C2)CC1. The smallest absolute Gasteiger partial charge is 0.223 e. The summed E-state index contributed by atoms with van der Waals surface area (Å²) in [5.41, 5.74) is 5.72. The fourth-order valence-corrected chi connectivity index (χ4v) is 4.01. The highest BCUT2D eigenvalue weighted by Crippen LogP contribution is 2.43. The van der Waals surface area contributed by atoms with Crippen LogP contribution in [0.3, 0.4) is 0 Å². The standard InChI is InChI=1S/C15H26N2O/c16-10-15(7-8-15)17-14(18)13-6-5-11-3-1-2-4-12(11)9-13/h11-13H,1-10,16H2,(H,17,18). The summed E-state index contributed by atoms with van der Waals surface area (Å²) in [6.07, 6.45) is 11.2. The summed E-state index contributed by atoms with van der Waals surface area (Å²) in [6.45, 7) is 0.609. The van der Waals surface area contributed by atoms with Crippen LogP contribution in [-0.4, -0.2) is 18.0 Å². The first-order valence-corrected chi connectivity index (χ1v) is 7.74. The summed E-state index contributed by atoms with van der Waals surface area (Å²) in [6, 6.07) is 0. The van der Waals surface area contributed by atoms with Gasteiger partial charge in [-0.25, -0.2) is 0 Å². The number of fused-ring (bicyclic) bond motifs is 1. The molecule has 3 nitrogen and oxygen atoms in total. The molecule has 0 bridgehead atoms. The number of amides is 1. The number of carbonyl (C=O) groups is 1. The quantitative estimate of drug-likeness (QED) is 0.807. The highest BCUT2D eigenvalue weighted by molar-refractivity contribution is 5.80. The van der Waals surface area contributed by atoms with Gasteiger partial charge in [0.2, 0.25) is 5.91 Å². The van der Waals surface area contributed by atoms with Gasteiger partial charge in [-0.3, -0.25) is 4.79 Å². The number of hydrogen-bond donors (Lipinski definition) is 2. The van der Waals surface area contributed by atoms with E-state index in [0.717, 1.165) is 37.5 Å². The molecule has 3 atom stereocenters. The second-order valence-corrected chi connectivity index (χ2v) is 6.79. The van der Waals surface area contributed by atoms with Crippen molar-refractivity contribution in [3.8, 4) is 0 Å². The predicted molar refractivity (Wildman–Crippen MR) is 72.0 cm³/mol. The van der Waals surface area contributed by atoms with Crippen molar-refractivity contribution in [3.05, 3.63) is 0 Å². The van der Waals surface area contributed by atoms with E-state index in [9.17, 15) is 4.79 Å². The third-order valence-electron chi connectivity index (χ3n) is 5.54. The molecule has 0 aromatic carbocycles. The predicted octanol–water partition coefficient (Wildman–Crippen LogP) is 2.20. The van der Waals surface area contributed by atoms with Crippen molar-refractivity contribution in [2.75, 3.05) is 6.54 Å². The van der Waals surface area contributed by atoms with Gasteiger partial charge in [0.15, 0.2) is 0 Å². The highest BCUT2D eigenvalue weighted by Gasteiger charge is 2.44. The van der Waals surface area contributed by atoms with Gasteiger partial charge in [-0.05, 0) is 43.9 Å². The Morgan fingerprint density at radius 3 is 2.50 bits per heavy atom. The van der Waals surface area contributed by atoms with Gasteiger partial charge < -0.3 is 11.1 Å². The van der Waals surface area contributed by atoms with Crippen LogP contribution in [-0.2, 0) is 4.79 Å². The maximum Gasteiger partial charge on any atom is 0.223 e. The molecule has 0 saturated heterocycles. The number of carbonyl (C=O) groups excluding carboxylic acids is 1. The van der Waals surface area contributed by atoms with E-state index in [1.165, 1.54) is 32.1 Å². The molecule has 0 spiro atoms. The minimum atomic E-state index is -0.0134. The monoisotopic (exact) mass is 250 g/mol. The molecule has 3 heteroatoms. The van der Waals surface area contributed by atoms with Gasteiger partial charge >= 0.3 is 0 Å². The zero-order chi connectivity index (χ0) is 12.6. The summed E-state index contributed by atoms with van der Waals surface area (Å²) >= 11 is 0. The molecule has 0 heterocycles. The van der Waals surface area contributed by atoms with Crippen molar-refractivity contribution in [3.63, 3.8) is 0 Å². The largest absolute Gasteiger partial charge is 0.349 e. The van der Waals surface area contributed by atoms with Crippen LogP contribution in [0, 0.1) is 17.8 Å². The molecule has 1 amide bonds. The molecule has 0 aliphatic heterocycles. The van der Waals surface area contributed by atoms with Crippen LogP contribution in [0.25, 0.3) is 0 Å². The Bertz CT molecular complexity index is 324. The Hall–Kier alpha value is -0.570. The topological polar surface area (TPSA) is 55.1 Å². The molecule has 3 N–H and O–H groups in total. The highest BCUT2D eigenvalue weighted by atomic mass is 16.2. The first kappa shape index (κ1) is 12.5. The summed E-state index contributed by atoms with van der Waals surface area (Å²) in [5, 5.41) is 3.22. The lowest BCUT2D eigenvalue weighted by Crippen LogP contribution is -2.46. The Morgan fingerprint density at radius 1 is 1.11 bits per heavy atom. The molecule has 102 valence electrons. The summed E-state index contributed by atoms with van der Waals surface area (Å²) in [5.74, 6) is 2.32. The van der Waals surface area contributed by atoms with Crippen molar-refractivity contribution >= 4 is 5.91 Å². The van der Waals surface area contributed by atoms with Crippen molar-refractivity contribution in [1.82, 2.24) is 5.32 Å². The van der Waals surface area contributed by atoms with E-state index in [4.69, 9.17) is 5.73 Å². The Labute approximate surface area is 110 Å². The van der Waals surface area contributed by atoms with Gasteiger partial charge in [-0.1, -0.05) is 25.7 Å². The molecule has 3 aliphatic carbocycles. The third kappa shape index (κ3) is 2.42. The molecule has 3 rings (SSSR count). The van der Waals surface area contributed by atoms with E-state index < -0.39 is 0 Å². The minimum absolute atomic E-state index is 0.0134. The van der Waals surface area contributed by atoms with Crippen LogP contribution in [0.4, 0.5) is 0 Å². The van der Waals surface area contributed by atoms with E-state index >= 15 is 0 Å². The van der Waals surface area contributed by atoms with Crippen LogP contribution in [0.5, 0.6) is 0 Å². The van der Waals surface area contributed by atoms with E-state index in [1.54, 1.807) is 0 Å².